The van der Waals surface area contributed by atoms with Crippen LogP contribution in [0.4, 0.5) is 0 Å². The van der Waals surface area contributed by atoms with Gasteiger partial charge < -0.3 is 35.6 Å². The molecule has 5 fully saturated rings. The summed E-state index contributed by atoms with van der Waals surface area (Å²) in [4.78, 5) is 46.1. The van der Waals surface area contributed by atoms with E-state index in [0.717, 1.165) is 43.6 Å². The number of hydrogen-bond acceptors (Lipinski definition) is 10. The number of carbonyl (C=O) groups is 3. The molecule has 6 rings (SSSR count). The molecule has 1 amide bonds. The monoisotopic (exact) mass is 718 g/mol. The Morgan fingerprint density at radius 2 is 1.61 bits per heavy atom. The average molecular weight is 719 g/mol. The zero-order valence-corrected chi connectivity index (χ0v) is 31.8. The van der Waals surface area contributed by atoms with E-state index in [1.165, 1.54) is 12.7 Å². The Hall–Kier alpha value is -1.93. The fourth-order valence-electron chi connectivity index (χ4n) is 12.6. The smallest absolute Gasteiger partial charge is 0.309 e. The minimum atomic E-state index is -1.60. The number of aliphatic hydroxyl groups is 4. The highest BCUT2D eigenvalue weighted by Gasteiger charge is 2.70. The van der Waals surface area contributed by atoms with E-state index in [-0.39, 0.29) is 69.1 Å². The maximum Gasteiger partial charge on any atom is 0.309 e. The number of ether oxygens (including phenoxy) is 1. The molecule has 12 heteroatoms. The summed E-state index contributed by atoms with van der Waals surface area (Å²) in [5, 5.41) is 55.3. The van der Waals surface area contributed by atoms with Gasteiger partial charge in [-0.1, -0.05) is 47.1 Å². The molecule has 5 aliphatic carbocycles. The van der Waals surface area contributed by atoms with E-state index in [0.29, 0.717) is 19.3 Å². The SMILES string of the molecule is CON(CC(=O)NC1CCC2(C)C(CCC3(C)C2C(=O)C=C2C4CC(C)(C(=O)O)CCC4(C)CCC23C)C1(C)C)C1OC(CO)C(O)C(O)C1O. The summed E-state index contributed by atoms with van der Waals surface area (Å²) >= 11 is 0. The van der Waals surface area contributed by atoms with Crippen molar-refractivity contribution in [3.8, 4) is 0 Å². The molecule has 288 valence electrons. The van der Waals surface area contributed by atoms with Crippen LogP contribution >= 0.6 is 0 Å². The van der Waals surface area contributed by atoms with Gasteiger partial charge in [0.2, 0.25) is 5.91 Å². The molecule has 6 aliphatic rings. The Labute approximate surface area is 302 Å². The number of carboxylic acid groups (broad SMARTS) is 1. The number of nitrogens with zero attached hydrogens (tertiary/aromatic N) is 1. The first-order valence-corrected chi connectivity index (χ1v) is 19.0. The Balaban J connectivity index is 1.22. The molecule has 51 heavy (non-hydrogen) atoms. The lowest BCUT2D eigenvalue weighted by Crippen LogP contribution is -2.68. The van der Waals surface area contributed by atoms with Crippen molar-refractivity contribution >= 4 is 17.7 Å². The van der Waals surface area contributed by atoms with Crippen molar-refractivity contribution in [1.82, 2.24) is 10.4 Å². The molecule has 1 saturated heterocycles. The molecule has 6 N–H and O–H groups in total. The second kappa shape index (κ2) is 12.8. The van der Waals surface area contributed by atoms with Crippen molar-refractivity contribution in [3.63, 3.8) is 0 Å². The molecule has 0 radical (unpaired) electrons. The van der Waals surface area contributed by atoms with Crippen LogP contribution in [0.15, 0.2) is 11.6 Å². The third-order valence-electron chi connectivity index (χ3n) is 16.1. The number of aliphatic carboxylic acids is 1. The van der Waals surface area contributed by atoms with Crippen molar-refractivity contribution in [3.05, 3.63) is 11.6 Å². The quantitative estimate of drug-likeness (QED) is 0.213. The zero-order valence-electron chi connectivity index (χ0n) is 31.8. The van der Waals surface area contributed by atoms with E-state index in [9.17, 15) is 39.9 Å². The Bertz CT molecular complexity index is 1450. The van der Waals surface area contributed by atoms with Crippen LogP contribution in [0.3, 0.4) is 0 Å². The van der Waals surface area contributed by atoms with Crippen LogP contribution in [0.5, 0.6) is 0 Å². The van der Waals surface area contributed by atoms with Gasteiger partial charge in [0.15, 0.2) is 12.0 Å². The lowest BCUT2D eigenvalue weighted by molar-refractivity contribution is -0.325. The second-order valence-electron chi connectivity index (χ2n) is 19.0. The van der Waals surface area contributed by atoms with E-state index in [4.69, 9.17) is 9.57 Å². The number of allylic oxidation sites excluding steroid dienone is 2. The maximum atomic E-state index is 14.7. The molecule has 1 heterocycles. The summed E-state index contributed by atoms with van der Waals surface area (Å²) in [5.41, 5.74) is -0.791. The first kappa shape index (κ1) is 38.8. The molecule has 1 aliphatic heterocycles. The van der Waals surface area contributed by atoms with E-state index in [1.807, 2.05) is 13.0 Å². The molecular weight excluding hydrogens is 656 g/mol. The number of hydroxylamine groups is 2. The molecule has 4 saturated carbocycles. The lowest BCUT2D eigenvalue weighted by Gasteiger charge is -2.70. The van der Waals surface area contributed by atoms with Gasteiger partial charge in [0.05, 0.1) is 19.1 Å². The average Bonchev–Trinajstić information content (AvgIpc) is 3.06. The van der Waals surface area contributed by atoms with Crippen LogP contribution in [0, 0.1) is 50.2 Å². The molecule has 12 nitrogen and oxygen atoms in total. The third-order valence-corrected chi connectivity index (χ3v) is 16.1. The molecule has 0 bridgehead atoms. The van der Waals surface area contributed by atoms with Crippen LogP contribution < -0.4 is 5.32 Å². The van der Waals surface area contributed by atoms with E-state index >= 15 is 0 Å². The van der Waals surface area contributed by atoms with Crippen molar-refractivity contribution in [2.24, 2.45) is 50.2 Å². The van der Waals surface area contributed by atoms with Gasteiger partial charge in [-0.05, 0) is 110 Å². The normalized spacial score (nSPS) is 49.2. The fourth-order valence-corrected chi connectivity index (χ4v) is 12.6. The van der Waals surface area contributed by atoms with E-state index in [2.05, 4.69) is 46.9 Å². The number of amides is 1. The summed E-state index contributed by atoms with van der Waals surface area (Å²) in [6, 6.07) is -0.201. The first-order chi connectivity index (χ1) is 23.6. The van der Waals surface area contributed by atoms with Crippen molar-refractivity contribution in [2.75, 3.05) is 20.3 Å². The maximum absolute atomic E-state index is 14.7. The van der Waals surface area contributed by atoms with Crippen LogP contribution in [0.1, 0.15) is 106 Å². The van der Waals surface area contributed by atoms with Gasteiger partial charge in [-0.15, -0.1) is 5.06 Å². The van der Waals surface area contributed by atoms with Crippen LogP contribution in [0.2, 0.25) is 0 Å². The summed E-state index contributed by atoms with van der Waals surface area (Å²) in [7, 11) is 1.32. The summed E-state index contributed by atoms with van der Waals surface area (Å²) in [5.74, 6) is -0.912. The van der Waals surface area contributed by atoms with Crippen LogP contribution in [0.25, 0.3) is 0 Å². The zero-order chi connectivity index (χ0) is 37.7. The molecule has 0 aromatic heterocycles. The number of rotatable bonds is 7. The summed E-state index contributed by atoms with van der Waals surface area (Å²) < 4.78 is 5.62. The number of aliphatic hydroxyl groups excluding tert-OH is 4. The summed E-state index contributed by atoms with van der Waals surface area (Å²) in [6.07, 6.45) is 2.14. The van der Waals surface area contributed by atoms with Gasteiger partial charge in [-0.3, -0.25) is 19.2 Å². The third kappa shape index (κ3) is 5.68. The number of hydrogen-bond donors (Lipinski definition) is 6. The molecular formula is C39H62N2O10. The van der Waals surface area contributed by atoms with Gasteiger partial charge >= 0.3 is 5.97 Å². The standard InChI is InChI=1S/C39H62N2O10/c1-34(2)25-9-12-39(7)31(23(43)17-21-22-18-36(4,33(48)49)14-13-35(22,3)15-16-38(21,39)6)37(25,5)11-10-26(34)40-27(44)19-41(50-8)32-30(47)29(46)28(45)24(20-42)51-32/h17,22,24-26,28-32,42,45-47H,9-16,18-20H2,1-8H3,(H,40,44)(H,48,49). The van der Waals surface area contributed by atoms with Crippen molar-refractivity contribution < 1.29 is 49.5 Å². The number of nitrogens with one attached hydrogen (secondary N) is 1. The molecule has 0 aromatic rings. The Morgan fingerprint density at radius 3 is 2.24 bits per heavy atom. The highest BCUT2D eigenvalue weighted by molar-refractivity contribution is 5.95. The second-order valence-corrected chi connectivity index (χ2v) is 19.0. The highest BCUT2D eigenvalue weighted by Crippen LogP contribution is 2.75. The van der Waals surface area contributed by atoms with E-state index in [1.54, 1.807) is 0 Å². The van der Waals surface area contributed by atoms with Gasteiger partial charge in [-0.25, -0.2) is 0 Å². The van der Waals surface area contributed by atoms with Gasteiger partial charge in [0.25, 0.3) is 0 Å². The predicted molar refractivity (Wildman–Crippen MR) is 186 cm³/mol. The van der Waals surface area contributed by atoms with E-state index < -0.39 is 48.6 Å². The first-order valence-electron chi connectivity index (χ1n) is 19.0. The number of carbonyl (C=O) groups excluding carboxylic acids is 2. The van der Waals surface area contributed by atoms with Crippen molar-refractivity contribution in [1.29, 1.82) is 0 Å². The fraction of sp³-hybridized carbons (Fsp3) is 0.872. The Kier molecular flexibility index (Phi) is 9.77. The van der Waals surface area contributed by atoms with Gasteiger partial charge in [-0.2, -0.15) is 0 Å². The number of carboxylic acids is 1. The van der Waals surface area contributed by atoms with Crippen LogP contribution in [-0.4, -0.2) is 105 Å². The predicted octanol–water partition coefficient (Wildman–Crippen LogP) is 3.20. The van der Waals surface area contributed by atoms with Gasteiger partial charge in [0.1, 0.15) is 31.0 Å². The van der Waals surface area contributed by atoms with Crippen molar-refractivity contribution in [2.45, 2.75) is 143 Å². The summed E-state index contributed by atoms with van der Waals surface area (Å²) in [6.45, 7) is 14.6. The topological polar surface area (TPSA) is 186 Å². The minimum absolute atomic E-state index is 0.00959. The highest BCUT2D eigenvalue weighted by atomic mass is 16.7. The lowest BCUT2D eigenvalue weighted by atomic mass is 9.33. The Morgan fingerprint density at radius 1 is 0.941 bits per heavy atom. The largest absolute Gasteiger partial charge is 0.481 e. The molecule has 0 aromatic carbocycles. The molecule has 14 unspecified atom stereocenters. The van der Waals surface area contributed by atoms with Crippen LogP contribution in [-0.2, 0) is 24.0 Å². The number of fused-ring (bicyclic) bond motifs is 7. The molecule has 0 spiro atoms. The molecule has 14 atom stereocenters. The van der Waals surface area contributed by atoms with Gasteiger partial charge in [0, 0.05) is 12.0 Å². The minimum Gasteiger partial charge on any atom is -0.481 e. The number of ketones is 1.